The Morgan fingerprint density at radius 3 is 2.58 bits per heavy atom. The van der Waals surface area contributed by atoms with E-state index in [9.17, 15) is 9.90 Å². The molecule has 0 saturated heterocycles. The van der Waals surface area contributed by atoms with Gasteiger partial charge in [-0.05, 0) is 23.0 Å². The highest BCUT2D eigenvalue weighted by atomic mass is 32.1. The Labute approximate surface area is 114 Å². The van der Waals surface area contributed by atoms with Gasteiger partial charge in [0.15, 0.2) is 6.20 Å². The van der Waals surface area contributed by atoms with Crippen LogP contribution in [0.15, 0.2) is 59.5 Å². The number of aromatic hydroxyl groups is 1. The lowest BCUT2D eigenvalue weighted by Crippen LogP contribution is -2.25. The number of aromatic nitrogens is 1. The molecule has 94 valence electrons. The highest BCUT2D eigenvalue weighted by Gasteiger charge is 2.19. The van der Waals surface area contributed by atoms with E-state index in [1.165, 1.54) is 0 Å². The second kappa shape index (κ2) is 4.82. The van der Waals surface area contributed by atoms with Gasteiger partial charge in [0, 0.05) is 18.6 Å². The van der Waals surface area contributed by atoms with Gasteiger partial charge in [-0.15, -0.1) is 4.40 Å². The average Bonchev–Trinajstić information content (AvgIpc) is 2.45. The second-order valence-electron chi connectivity index (χ2n) is 4.26. The third kappa shape index (κ3) is 2.22. The van der Waals surface area contributed by atoms with Crippen LogP contribution < -0.4 is 9.14 Å². The zero-order valence-electron chi connectivity index (χ0n) is 10.1. The zero-order valence-corrected chi connectivity index (χ0v) is 10.9. The van der Waals surface area contributed by atoms with Gasteiger partial charge in [0.1, 0.15) is 5.56 Å². The van der Waals surface area contributed by atoms with E-state index in [1.54, 1.807) is 10.6 Å². The number of benzene rings is 1. The first-order chi connectivity index (χ1) is 9.25. The molecule has 0 aliphatic rings. The second-order valence-corrected chi connectivity index (χ2v) is 5.26. The number of nitrogens with zero attached hydrogens (tertiary/aromatic N) is 1. The molecule has 3 rings (SSSR count). The van der Waals surface area contributed by atoms with Gasteiger partial charge >= 0.3 is 5.88 Å². The molecule has 0 amide bonds. The first kappa shape index (κ1) is 11.9. The van der Waals surface area contributed by atoms with Gasteiger partial charge in [0.25, 0.3) is 9.57 Å². The minimum atomic E-state index is -0.0902. The van der Waals surface area contributed by atoms with Crippen LogP contribution in [0.1, 0.15) is 11.1 Å². The highest BCUT2D eigenvalue weighted by Crippen LogP contribution is 2.15. The SMILES string of the molecule is O=c1sc2cccc[n+]2c(O)c1Cc1ccccc1. The quantitative estimate of drug-likeness (QED) is 0.725. The molecular formula is C15H12NO2S+. The molecule has 0 radical (unpaired) electrons. The summed E-state index contributed by atoms with van der Waals surface area (Å²) >= 11 is 1.15. The fraction of sp³-hybridized carbons (Fsp3) is 0.0667. The molecule has 1 aromatic carbocycles. The molecule has 3 aromatic rings. The van der Waals surface area contributed by atoms with Crippen LogP contribution in [0.4, 0.5) is 0 Å². The Bertz CT molecular complexity index is 781. The van der Waals surface area contributed by atoms with Crippen LogP contribution in [-0.4, -0.2) is 5.11 Å². The Morgan fingerprint density at radius 2 is 1.79 bits per heavy atom. The molecule has 0 spiro atoms. The summed E-state index contributed by atoms with van der Waals surface area (Å²) in [5, 5.41) is 10.3. The largest absolute Gasteiger partial charge is 0.459 e. The molecule has 2 heterocycles. The third-order valence-electron chi connectivity index (χ3n) is 2.99. The van der Waals surface area contributed by atoms with E-state index in [1.807, 2.05) is 48.5 Å². The van der Waals surface area contributed by atoms with E-state index in [2.05, 4.69) is 0 Å². The van der Waals surface area contributed by atoms with Crippen molar-refractivity contribution in [3.63, 3.8) is 0 Å². The molecule has 0 aliphatic carbocycles. The Hall–Kier alpha value is -2.20. The predicted octanol–water partition coefficient (Wildman–Crippen LogP) is 2.14. The first-order valence-electron chi connectivity index (χ1n) is 5.95. The van der Waals surface area contributed by atoms with Crippen molar-refractivity contribution in [1.82, 2.24) is 0 Å². The Morgan fingerprint density at radius 1 is 1.05 bits per heavy atom. The van der Waals surface area contributed by atoms with Crippen LogP contribution in [0.2, 0.25) is 0 Å². The predicted molar refractivity (Wildman–Crippen MR) is 74.7 cm³/mol. The standard InChI is InChI=1S/C15H11NO2S/c17-14-12(10-11-6-2-1-3-7-11)15(18)19-13-8-4-5-9-16(13)14/h1-9H,10H2/p+1. The Kier molecular flexibility index (Phi) is 3.01. The number of pyridine rings is 1. The van der Waals surface area contributed by atoms with Crippen LogP contribution in [-0.2, 0) is 6.42 Å². The van der Waals surface area contributed by atoms with Crippen LogP contribution >= 0.6 is 11.3 Å². The number of hydrogen-bond donors (Lipinski definition) is 1. The topological polar surface area (TPSA) is 41.4 Å². The monoisotopic (exact) mass is 270 g/mol. The molecule has 0 bridgehead atoms. The molecule has 4 heteroatoms. The van der Waals surface area contributed by atoms with Crippen molar-refractivity contribution in [3.8, 4) is 5.88 Å². The summed E-state index contributed by atoms with van der Waals surface area (Å²) in [5.74, 6) is 0.0307. The van der Waals surface area contributed by atoms with Crippen LogP contribution in [0.3, 0.4) is 0 Å². The van der Waals surface area contributed by atoms with Crippen LogP contribution in [0, 0.1) is 0 Å². The van der Waals surface area contributed by atoms with Crippen molar-refractivity contribution in [3.05, 3.63) is 75.4 Å². The maximum atomic E-state index is 12.1. The molecule has 0 saturated carbocycles. The summed E-state index contributed by atoms with van der Waals surface area (Å²) in [6.45, 7) is 0. The van der Waals surface area contributed by atoms with Crippen LogP contribution in [0.25, 0.3) is 4.83 Å². The van der Waals surface area contributed by atoms with Crippen molar-refractivity contribution < 1.29 is 9.51 Å². The number of hydrogen-bond acceptors (Lipinski definition) is 3. The van der Waals surface area contributed by atoms with Gasteiger partial charge in [-0.3, -0.25) is 4.79 Å². The molecule has 2 aromatic heterocycles. The molecule has 0 atom stereocenters. The van der Waals surface area contributed by atoms with Crippen molar-refractivity contribution in [2.24, 2.45) is 0 Å². The molecule has 19 heavy (non-hydrogen) atoms. The highest BCUT2D eigenvalue weighted by molar-refractivity contribution is 7.14. The first-order valence-corrected chi connectivity index (χ1v) is 6.76. The van der Waals surface area contributed by atoms with Gasteiger partial charge in [0.2, 0.25) is 0 Å². The molecule has 3 nitrogen and oxygen atoms in total. The van der Waals surface area contributed by atoms with E-state index >= 15 is 0 Å². The fourth-order valence-electron chi connectivity index (χ4n) is 2.03. The third-order valence-corrected chi connectivity index (χ3v) is 3.96. The normalized spacial score (nSPS) is 10.7. The smallest absolute Gasteiger partial charge is 0.380 e. The lowest BCUT2D eigenvalue weighted by atomic mass is 10.1. The van der Waals surface area contributed by atoms with E-state index in [4.69, 9.17) is 0 Å². The zero-order chi connectivity index (χ0) is 13.2. The summed E-state index contributed by atoms with van der Waals surface area (Å²) in [5.41, 5.74) is 1.46. The molecule has 0 unspecified atom stereocenters. The van der Waals surface area contributed by atoms with Gasteiger partial charge in [-0.1, -0.05) is 30.3 Å². The average molecular weight is 270 g/mol. The van der Waals surface area contributed by atoms with E-state index in [0.717, 1.165) is 21.7 Å². The lowest BCUT2D eigenvalue weighted by Gasteiger charge is -2.01. The lowest BCUT2D eigenvalue weighted by molar-refractivity contribution is -0.520. The Balaban J connectivity index is 2.16. The summed E-state index contributed by atoms with van der Waals surface area (Å²) in [7, 11) is 0. The minimum absolute atomic E-state index is 0.0307. The minimum Gasteiger partial charge on any atom is -0.459 e. The van der Waals surface area contributed by atoms with Crippen molar-refractivity contribution in [2.45, 2.75) is 6.42 Å². The summed E-state index contributed by atoms with van der Waals surface area (Å²) < 4.78 is 1.55. The summed E-state index contributed by atoms with van der Waals surface area (Å²) in [4.78, 5) is 12.8. The molecule has 0 fully saturated rings. The number of rotatable bonds is 2. The van der Waals surface area contributed by atoms with Gasteiger partial charge in [0.05, 0.1) is 0 Å². The van der Waals surface area contributed by atoms with Crippen molar-refractivity contribution in [1.29, 1.82) is 0 Å². The fourth-order valence-corrected chi connectivity index (χ4v) is 2.90. The van der Waals surface area contributed by atoms with Crippen molar-refractivity contribution >= 4 is 16.2 Å². The van der Waals surface area contributed by atoms with E-state index in [-0.39, 0.29) is 10.6 Å². The molecule has 0 aliphatic heterocycles. The number of fused-ring (bicyclic) bond motifs is 1. The van der Waals surface area contributed by atoms with Crippen LogP contribution in [0.5, 0.6) is 5.88 Å². The van der Waals surface area contributed by atoms with E-state index < -0.39 is 0 Å². The van der Waals surface area contributed by atoms with E-state index in [0.29, 0.717) is 12.0 Å². The summed E-state index contributed by atoms with van der Waals surface area (Å²) in [6.07, 6.45) is 2.20. The van der Waals surface area contributed by atoms with Gasteiger partial charge < -0.3 is 5.11 Å². The van der Waals surface area contributed by atoms with Gasteiger partial charge in [-0.2, -0.15) is 0 Å². The maximum Gasteiger partial charge on any atom is 0.380 e. The molecular weight excluding hydrogens is 258 g/mol. The molecule has 1 N–H and O–H groups in total. The maximum absolute atomic E-state index is 12.1. The van der Waals surface area contributed by atoms with Gasteiger partial charge in [-0.25, -0.2) is 0 Å². The van der Waals surface area contributed by atoms with Crippen molar-refractivity contribution in [2.75, 3.05) is 0 Å². The summed E-state index contributed by atoms with van der Waals surface area (Å²) in [6, 6.07) is 15.2.